The average Bonchev–Trinajstić information content (AvgIpc) is 2.80. The summed E-state index contributed by atoms with van der Waals surface area (Å²) in [7, 11) is 6.99. The van der Waals surface area contributed by atoms with Crippen LogP contribution in [0.15, 0.2) is 12.1 Å². The van der Waals surface area contributed by atoms with Gasteiger partial charge < -0.3 is 24.6 Å². The first-order valence-corrected chi connectivity index (χ1v) is 7.60. The second kappa shape index (κ2) is 6.90. The Morgan fingerprint density at radius 3 is 2.25 bits per heavy atom. The molecule has 1 N–H and O–H groups in total. The number of alkyl halides is 2. The van der Waals surface area contributed by atoms with Gasteiger partial charge in [-0.25, -0.2) is 0 Å². The highest BCUT2D eigenvalue weighted by molar-refractivity contribution is 5.80. The zero-order valence-corrected chi connectivity index (χ0v) is 14.5. The van der Waals surface area contributed by atoms with Gasteiger partial charge in [0.15, 0.2) is 11.5 Å². The predicted molar refractivity (Wildman–Crippen MR) is 85.0 cm³/mol. The highest BCUT2D eigenvalue weighted by Crippen LogP contribution is 2.46. The molecule has 0 saturated carbocycles. The number of nitrogens with one attached hydrogen (secondary N) is 1. The van der Waals surface area contributed by atoms with Crippen molar-refractivity contribution in [3.63, 3.8) is 0 Å². The lowest BCUT2D eigenvalue weighted by molar-refractivity contribution is -0.287. The van der Waals surface area contributed by atoms with Crippen LogP contribution >= 0.6 is 0 Å². The lowest BCUT2D eigenvalue weighted by atomic mass is 10.1. The third kappa shape index (κ3) is 4.12. The van der Waals surface area contributed by atoms with Gasteiger partial charge in [0, 0.05) is 38.3 Å². The maximum absolute atomic E-state index is 13.5. The summed E-state index contributed by atoms with van der Waals surface area (Å²) in [6, 6.07) is 3.00. The summed E-state index contributed by atoms with van der Waals surface area (Å²) >= 11 is 0. The van der Waals surface area contributed by atoms with Crippen LogP contribution in [0, 0.1) is 0 Å². The molecule has 8 heteroatoms. The Hall–Kier alpha value is -1.93. The number of hydrogen-bond donors (Lipinski definition) is 1. The molecule has 1 aliphatic heterocycles. The Kier molecular flexibility index (Phi) is 5.29. The van der Waals surface area contributed by atoms with Crippen molar-refractivity contribution in [1.82, 2.24) is 15.1 Å². The van der Waals surface area contributed by atoms with Gasteiger partial charge in [-0.2, -0.15) is 0 Å². The van der Waals surface area contributed by atoms with Gasteiger partial charge in [0.25, 0.3) is 0 Å². The number of halogens is 2. The summed E-state index contributed by atoms with van der Waals surface area (Å²) in [6.45, 7) is 2.38. The molecule has 2 rings (SSSR count). The molecule has 0 aliphatic carbocycles. The minimum absolute atomic E-state index is 0.0244. The Morgan fingerprint density at radius 1 is 1.17 bits per heavy atom. The van der Waals surface area contributed by atoms with E-state index in [-0.39, 0.29) is 24.0 Å². The summed E-state index contributed by atoms with van der Waals surface area (Å²) in [6.07, 6.45) is -3.68. The molecule has 1 aromatic rings. The largest absolute Gasteiger partial charge is 0.586 e. The number of nitrogens with zero attached hydrogens (tertiary/aromatic N) is 2. The molecule has 0 radical (unpaired) electrons. The van der Waals surface area contributed by atoms with E-state index in [1.54, 1.807) is 33.2 Å². The summed E-state index contributed by atoms with van der Waals surface area (Å²) in [5, 5.41) is 3.02. The van der Waals surface area contributed by atoms with Gasteiger partial charge in [0.2, 0.25) is 5.91 Å². The van der Waals surface area contributed by atoms with Crippen LogP contribution in [0.4, 0.5) is 8.78 Å². The van der Waals surface area contributed by atoms with Crippen molar-refractivity contribution in [2.45, 2.75) is 32.3 Å². The van der Waals surface area contributed by atoms with Crippen molar-refractivity contribution < 1.29 is 23.0 Å². The first-order chi connectivity index (χ1) is 11.1. The third-order valence-electron chi connectivity index (χ3n) is 3.61. The molecule has 0 bridgehead atoms. The average molecular weight is 343 g/mol. The molecule has 24 heavy (non-hydrogen) atoms. The van der Waals surface area contributed by atoms with Crippen LogP contribution < -0.4 is 14.8 Å². The maximum atomic E-state index is 13.5. The Balaban J connectivity index is 2.21. The van der Waals surface area contributed by atoms with E-state index in [1.807, 2.05) is 19.0 Å². The van der Waals surface area contributed by atoms with Gasteiger partial charge in [0.1, 0.15) is 0 Å². The van der Waals surface area contributed by atoms with E-state index in [9.17, 15) is 13.6 Å². The first kappa shape index (κ1) is 18.4. The van der Waals surface area contributed by atoms with Crippen LogP contribution in [0.2, 0.25) is 0 Å². The summed E-state index contributed by atoms with van der Waals surface area (Å²) in [4.78, 5) is 15.2. The monoisotopic (exact) mass is 343 g/mol. The molecule has 0 unspecified atom stereocenters. The summed E-state index contributed by atoms with van der Waals surface area (Å²) in [5.41, 5.74) is 1.14. The lowest BCUT2D eigenvalue weighted by Gasteiger charge is -2.19. The van der Waals surface area contributed by atoms with Gasteiger partial charge in [-0.3, -0.25) is 4.79 Å². The highest BCUT2D eigenvalue weighted by Gasteiger charge is 2.45. The minimum atomic E-state index is -3.68. The molecule has 6 nitrogen and oxygen atoms in total. The number of carbonyl (C=O) groups is 1. The van der Waals surface area contributed by atoms with E-state index in [0.717, 1.165) is 0 Å². The number of likely N-dealkylation sites (N-methyl/N-ethyl adjacent to an activating group) is 1. The fourth-order valence-corrected chi connectivity index (χ4v) is 2.47. The van der Waals surface area contributed by atoms with Crippen LogP contribution in [-0.4, -0.2) is 56.2 Å². The van der Waals surface area contributed by atoms with E-state index in [4.69, 9.17) is 0 Å². The minimum Gasteiger partial charge on any atom is -0.395 e. The zero-order valence-electron chi connectivity index (χ0n) is 14.5. The Bertz CT molecular complexity index is 621. The van der Waals surface area contributed by atoms with Crippen molar-refractivity contribution in [2.75, 3.05) is 28.2 Å². The van der Waals surface area contributed by atoms with E-state index in [0.29, 0.717) is 17.7 Å². The second-order valence-electron chi connectivity index (χ2n) is 6.28. The van der Waals surface area contributed by atoms with Gasteiger partial charge >= 0.3 is 6.29 Å². The predicted octanol–water partition coefficient (Wildman–Crippen LogP) is 1.64. The van der Waals surface area contributed by atoms with Crippen LogP contribution in [0.25, 0.3) is 0 Å². The highest BCUT2D eigenvalue weighted by atomic mass is 19.3. The second-order valence-corrected chi connectivity index (χ2v) is 6.28. The SMILES string of the molecule is C[C@H](NCc1ccc(CN(C)C)c2c1OC(F)(F)O2)C(=O)N(C)C. The van der Waals surface area contributed by atoms with Crippen molar-refractivity contribution in [3.05, 3.63) is 23.3 Å². The van der Waals surface area contributed by atoms with Crippen LogP contribution in [0.1, 0.15) is 18.1 Å². The fraction of sp³-hybridized carbons (Fsp3) is 0.562. The molecule has 1 aromatic carbocycles. The van der Waals surface area contributed by atoms with Crippen LogP contribution in [-0.2, 0) is 17.9 Å². The van der Waals surface area contributed by atoms with E-state index in [1.165, 1.54) is 4.90 Å². The third-order valence-corrected chi connectivity index (χ3v) is 3.61. The van der Waals surface area contributed by atoms with Crippen molar-refractivity contribution in [2.24, 2.45) is 0 Å². The molecule has 134 valence electrons. The van der Waals surface area contributed by atoms with Crippen LogP contribution in [0.3, 0.4) is 0 Å². The quantitative estimate of drug-likeness (QED) is 0.851. The number of carbonyl (C=O) groups excluding carboxylic acids is 1. The summed E-state index contributed by atoms with van der Waals surface area (Å²) in [5.74, 6) is -0.0192. The van der Waals surface area contributed by atoms with E-state index < -0.39 is 12.3 Å². The molecule has 0 saturated heterocycles. The number of rotatable bonds is 6. The standard InChI is InChI=1S/C16H23F2N3O3/c1-10(15(22)21(4)5)19-8-11-6-7-12(9-20(2)3)14-13(11)23-16(17,18)24-14/h6-7,10,19H,8-9H2,1-5H3/t10-/m0/s1. The van der Waals surface area contributed by atoms with E-state index in [2.05, 4.69) is 14.8 Å². The number of benzene rings is 1. The molecule has 1 atom stereocenters. The zero-order chi connectivity index (χ0) is 18.1. The molecule has 0 spiro atoms. The molecular weight excluding hydrogens is 320 g/mol. The molecule has 0 fully saturated rings. The van der Waals surface area contributed by atoms with Crippen molar-refractivity contribution >= 4 is 5.91 Å². The number of amides is 1. The summed E-state index contributed by atoms with van der Waals surface area (Å²) < 4.78 is 36.4. The van der Waals surface area contributed by atoms with Gasteiger partial charge in [-0.15, -0.1) is 8.78 Å². The van der Waals surface area contributed by atoms with Crippen molar-refractivity contribution in [1.29, 1.82) is 0 Å². The molecule has 1 amide bonds. The number of ether oxygens (including phenoxy) is 2. The van der Waals surface area contributed by atoms with Gasteiger partial charge in [-0.1, -0.05) is 12.1 Å². The topological polar surface area (TPSA) is 54.0 Å². The molecule has 1 heterocycles. The van der Waals surface area contributed by atoms with E-state index >= 15 is 0 Å². The number of fused-ring (bicyclic) bond motifs is 1. The fourth-order valence-electron chi connectivity index (χ4n) is 2.47. The van der Waals surface area contributed by atoms with Gasteiger partial charge in [-0.05, 0) is 21.0 Å². The molecule has 0 aromatic heterocycles. The van der Waals surface area contributed by atoms with Gasteiger partial charge in [0.05, 0.1) is 6.04 Å². The number of hydrogen-bond acceptors (Lipinski definition) is 5. The normalized spacial score (nSPS) is 16.3. The Labute approximate surface area is 140 Å². The van der Waals surface area contributed by atoms with Crippen LogP contribution in [0.5, 0.6) is 11.5 Å². The lowest BCUT2D eigenvalue weighted by Crippen LogP contribution is -2.41. The Morgan fingerprint density at radius 2 is 1.71 bits per heavy atom. The smallest absolute Gasteiger partial charge is 0.395 e. The van der Waals surface area contributed by atoms with Crippen molar-refractivity contribution in [3.8, 4) is 11.5 Å². The first-order valence-electron chi connectivity index (χ1n) is 7.60. The molecule has 1 aliphatic rings. The molecular formula is C16H23F2N3O3. The maximum Gasteiger partial charge on any atom is 0.586 e.